The zero-order valence-electron chi connectivity index (χ0n) is 22.6. The number of amides is 4. The number of carbonyl (C=O) groups excluding carboxylic acids is 4. The summed E-state index contributed by atoms with van der Waals surface area (Å²) in [6.07, 6.45) is 3.50. The number of benzene rings is 4. The van der Waals surface area contributed by atoms with Crippen molar-refractivity contribution in [2.75, 3.05) is 9.80 Å². The largest absolute Gasteiger partial charge is 0.277 e. The molecule has 4 unspecified atom stereocenters. The standard InChI is InChI=1S/C32H20N4O8/c37-29-25-19-9-10-20(26(25)30(38)33(29)21-11-13-23(35(41)42)17-7-3-1-5-15(17)21)28-27(19)31(39)34(32(28)40)22-12-14-24(36(43)44)18-8-4-2-6-16(18)22/h1-14,19-20,25-28H. The predicted molar refractivity (Wildman–Crippen MR) is 156 cm³/mol. The van der Waals surface area contributed by atoms with Gasteiger partial charge in [0.1, 0.15) is 0 Å². The van der Waals surface area contributed by atoms with Crippen molar-refractivity contribution < 1.29 is 29.0 Å². The summed E-state index contributed by atoms with van der Waals surface area (Å²) in [5.74, 6) is -7.09. The second kappa shape index (κ2) is 8.86. The van der Waals surface area contributed by atoms with Gasteiger partial charge in [-0.1, -0.05) is 48.6 Å². The number of hydrogen-bond acceptors (Lipinski definition) is 8. The summed E-state index contributed by atoms with van der Waals surface area (Å²) in [6.45, 7) is 0. The number of fused-ring (bicyclic) bond motifs is 2. The second-order valence-electron chi connectivity index (χ2n) is 11.5. The van der Waals surface area contributed by atoms with Gasteiger partial charge in [0.25, 0.3) is 11.4 Å². The van der Waals surface area contributed by atoms with Crippen LogP contribution in [0.2, 0.25) is 0 Å². The molecule has 0 spiro atoms. The topological polar surface area (TPSA) is 161 Å². The molecule has 3 fully saturated rings. The fourth-order valence-corrected chi connectivity index (χ4v) is 7.94. The zero-order valence-corrected chi connectivity index (χ0v) is 22.6. The van der Waals surface area contributed by atoms with E-state index in [1.165, 1.54) is 24.3 Å². The van der Waals surface area contributed by atoms with Gasteiger partial charge in [-0.15, -0.1) is 0 Å². The lowest BCUT2D eigenvalue weighted by atomic mass is 9.54. The van der Waals surface area contributed by atoms with Gasteiger partial charge in [0.2, 0.25) is 23.6 Å². The third-order valence-electron chi connectivity index (χ3n) is 9.64. The van der Waals surface area contributed by atoms with Gasteiger partial charge in [-0.3, -0.25) is 39.4 Å². The van der Waals surface area contributed by atoms with E-state index in [2.05, 4.69) is 0 Å². The van der Waals surface area contributed by atoms with Crippen molar-refractivity contribution in [3.8, 4) is 0 Å². The van der Waals surface area contributed by atoms with Crippen LogP contribution in [0, 0.1) is 55.7 Å². The van der Waals surface area contributed by atoms with Crippen molar-refractivity contribution in [1.29, 1.82) is 0 Å². The molecule has 4 atom stereocenters. The molecule has 9 rings (SSSR count). The molecule has 0 N–H and O–H groups in total. The van der Waals surface area contributed by atoms with Crippen LogP contribution in [-0.4, -0.2) is 33.5 Å². The first kappa shape index (κ1) is 25.9. The number of nitrogens with zero attached hydrogens (tertiary/aromatic N) is 4. The Bertz CT molecular complexity index is 1900. The number of allylic oxidation sites excluding steroid dienone is 2. The lowest BCUT2D eigenvalue weighted by Gasteiger charge is -2.44. The van der Waals surface area contributed by atoms with Crippen LogP contribution in [0.15, 0.2) is 84.9 Å². The molecule has 12 nitrogen and oxygen atoms in total. The van der Waals surface area contributed by atoms with Gasteiger partial charge in [0.15, 0.2) is 0 Å². The Morgan fingerprint density at radius 2 is 0.795 bits per heavy atom. The summed E-state index contributed by atoms with van der Waals surface area (Å²) < 4.78 is 0. The molecule has 3 aliphatic carbocycles. The summed E-state index contributed by atoms with van der Waals surface area (Å²) in [4.78, 5) is 80.7. The zero-order chi connectivity index (χ0) is 30.6. The van der Waals surface area contributed by atoms with Crippen molar-refractivity contribution in [3.05, 3.63) is 105 Å². The van der Waals surface area contributed by atoms with Gasteiger partial charge in [-0.25, -0.2) is 9.80 Å². The molecule has 5 aliphatic rings. The Hall–Kier alpha value is -5.78. The molecule has 0 aromatic heterocycles. The lowest BCUT2D eigenvalue weighted by Crippen LogP contribution is -2.50. The molecular formula is C32H20N4O8. The van der Waals surface area contributed by atoms with E-state index in [9.17, 15) is 39.4 Å². The number of anilines is 2. The van der Waals surface area contributed by atoms with Gasteiger partial charge in [0.05, 0.1) is 55.7 Å². The van der Waals surface area contributed by atoms with Crippen LogP contribution in [-0.2, 0) is 19.2 Å². The molecule has 216 valence electrons. The van der Waals surface area contributed by atoms with Gasteiger partial charge in [0, 0.05) is 34.7 Å². The second-order valence-corrected chi connectivity index (χ2v) is 11.5. The van der Waals surface area contributed by atoms with E-state index in [1.807, 2.05) is 0 Å². The maximum Gasteiger partial charge on any atom is 0.277 e. The highest BCUT2D eigenvalue weighted by Crippen LogP contribution is 2.59. The Morgan fingerprint density at radius 3 is 1.11 bits per heavy atom. The summed E-state index contributed by atoms with van der Waals surface area (Å²) in [5.41, 5.74) is 0.118. The number of nitro groups is 2. The van der Waals surface area contributed by atoms with Gasteiger partial charge in [-0.2, -0.15) is 0 Å². The molecule has 0 radical (unpaired) electrons. The van der Waals surface area contributed by atoms with Gasteiger partial charge >= 0.3 is 0 Å². The van der Waals surface area contributed by atoms with E-state index < -0.39 is 69.0 Å². The summed E-state index contributed by atoms with van der Waals surface area (Å²) in [6, 6.07) is 18.2. The first-order valence-corrected chi connectivity index (χ1v) is 14.0. The summed E-state index contributed by atoms with van der Waals surface area (Å²) >= 11 is 0. The highest BCUT2D eigenvalue weighted by Gasteiger charge is 2.69. The van der Waals surface area contributed by atoms with Gasteiger partial charge in [-0.05, 0) is 24.3 Å². The van der Waals surface area contributed by atoms with E-state index in [1.54, 1.807) is 60.7 Å². The first-order chi connectivity index (χ1) is 21.2. The number of nitro benzene ring substituents is 2. The Kier molecular flexibility index (Phi) is 5.22. The van der Waals surface area contributed by atoms with Crippen molar-refractivity contribution in [1.82, 2.24) is 0 Å². The average molecular weight is 589 g/mol. The molecule has 2 aliphatic heterocycles. The quantitative estimate of drug-likeness (QED) is 0.145. The highest BCUT2D eigenvalue weighted by molar-refractivity contribution is 6.29. The number of non-ortho nitro benzene ring substituents is 2. The fourth-order valence-electron chi connectivity index (χ4n) is 7.94. The highest BCUT2D eigenvalue weighted by atomic mass is 16.6. The van der Waals surface area contributed by atoms with E-state index in [0.717, 1.165) is 9.80 Å². The minimum absolute atomic E-state index is 0.160. The van der Waals surface area contributed by atoms with Crippen LogP contribution in [0.5, 0.6) is 0 Å². The van der Waals surface area contributed by atoms with Crippen molar-refractivity contribution in [3.63, 3.8) is 0 Å². The number of carbonyl (C=O) groups is 4. The minimum atomic E-state index is -0.891. The van der Waals surface area contributed by atoms with Crippen LogP contribution in [0.3, 0.4) is 0 Å². The van der Waals surface area contributed by atoms with E-state index in [4.69, 9.17) is 0 Å². The number of rotatable bonds is 4. The lowest BCUT2D eigenvalue weighted by molar-refractivity contribution is -0.383. The van der Waals surface area contributed by atoms with Crippen molar-refractivity contribution in [2.45, 2.75) is 0 Å². The SMILES string of the molecule is O=C1C2C3C=CC(C2C(=O)N1c1ccc([N+](=O)[O-])c2ccccc12)C1C(=O)N(c2ccc([N+](=O)[O-])c4ccccc24)C(=O)C31. The van der Waals surface area contributed by atoms with Crippen LogP contribution < -0.4 is 9.80 Å². The molecule has 12 heteroatoms. The maximum absolute atomic E-state index is 14.1. The molecule has 1 saturated carbocycles. The van der Waals surface area contributed by atoms with Crippen LogP contribution in [0.1, 0.15) is 0 Å². The van der Waals surface area contributed by atoms with E-state index in [0.29, 0.717) is 10.8 Å². The molecule has 4 aromatic rings. The third kappa shape index (κ3) is 3.16. The molecule has 2 bridgehead atoms. The Morgan fingerprint density at radius 1 is 0.477 bits per heavy atom. The fraction of sp³-hybridized carbons (Fsp3) is 0.188. The summed E-state index contributed by atoms with van der Waals surface area (Å²) in [5, 5.41) is 24.6. The molecule has 4 aromatic carbocycles. The molecule has 2 saturated heterocycles. The van der Waals surface area contributed by atoms with E-state index >= 15 is 0 Å². The monoisotopic (exact) mass is 588 g/mol. The maximum atomic E-state index is 14.1. The van der Waals surface area contributed by atoms with Crippen LogP contribution >= 0.6 is 0 Å². The normalized spacial score (nSPS) is 27.0. The first-order valence-electron chi connectivity index (χ1n) is 14.0. The smallest absolute Gasteiger partial charge is 0.274 e. The van der Waals surface area contributed by atoms with E-state index in [-0.39, 0.29) is 33.5 Å². The molecular weight excluding hydrogens is 568 g/mol. The Balaban J connectivity index is 1.20. The molecule has 4 amide bonds. The predicted octanol–water partition coefficient (Wildman–Crippen LogP) is 4.54. The van der Waals surface area contributed by atoms with Crippen molar-refractivity contribution in [2.24, 2.45) is 35.5 Å². The average Bonchev–Trinajstić information content (AvgIpc) is 3.46. The number of imide groups is 2. The third-order valence-corrected chi connectivity index (χ3v) is 9.64. The van der Waals surface area contributed by atoms with Crippen molar-refractivity contribution >= 4 is 67.9 Å². The Labute approximate surface area is 247 Å². The van der Waals surface area contributed by atoms with Gasteiger partial charge < -0.3 is 0 Å². The summed E-state index contributed by atoms with van der Waals surface area (Å²) in [7, 11) is 0. The minimum Gasteiger partial charge on any atom is -0.274 e. The van der Waals surface area contributed by atoms with Crippen LogP contribution in [0.4, 0.5) is 22.7 Å². The number of hydrogen-bond donors (Lipinski definition) is 0. The molecule has 44 heavy (non-hydrogen) atoms. The van der Waals surface area contributed by atoms with Crippen LogP contribution in [0.25, 0.3) is 21.5 Å². The molecule has 2 heterocycles.